The highest BCUT2D eigenvalue weighted by Crippen LogP contribution is 2.35. The zero-order valence-corrected chi connectivity index (χ0v) is 18.7. The lowest BCUT2D eigenvalue weighted by Crippen LogP contribution is -2.47. The van der Waals surface area contributed by atoms with Gasteiger partial charge in [0.05, 0.1) is 18.9 Å². The predicted octanol–water partition coefficient (Wildman–Crippen LogP) is 2.05. The molecule has 31 heavy (non-hydrogen) atoms. The number of sulfonamides is 1. The molecule has 0 radical (unpaired) electrons. The van der Waals surface area contributed by atoms with E-state index in [0.29, 0.717) is 57.8 Å². The molecule has 4 aliphatic heterocycles. The standard InChI is InChI=1S/C22H31N3O5S/c26-21(24-13-7-22(8-14-24)29-15-16-30-22)18-5-6-19(23-9-1-2-10-23)20(17-18)31(27,28)25-11-3-4-12-25/h5-6,17H,1-4,7-16H2. The van der Waals surface area contributed by atoms with E-state index in [2.05, 4.69) is 4.90 Å². The van der Waals surface area contributed by atoms with E-state index in [-0.39, 0.29) is 10.8 Å². The fourth-order valence-electron chi connectivity index (χ4n) is 5.16. The van der Waals surface area contributed by atoms with Crippen LogP contribution in [0.5, 0.6) is 0 Å². The van der Waals surface area contributed by atoms with Crippen molar-refractivity contribution in [2.75, 3.05) is 57.4 Å². The van der Waals surface area contributed by atoms with Crippen LogP contribution < -0.4 is 4.90 Å². The summed E-state index contributed by atoms with van der Waals surface area (Å²) in [6, 6.07) is 5.22. The summed E-state index contributed by atoms with van der Waals surface area (Å²) in [7, 11) is -3.63. The third kappa shape index (κ3) is 3.97. The van der Waals surface area contributed by atoms with Gasteiger partial charge in [-0.25, -0.2) is 8.42 Å². The summed E-state index contributed by atoms with van der Waals surface area (Å²) in [6.45, 7) is 5.09. The molecular weight excluding hydrogens is 418 g/mol. The van der Waals surface area contributed by atoms with E-state index in [1.165, 1.54) is 0 Å². The van der Waals surface area contributed by atoms with Gasteiger partial charge in [-0.15, -0.1) is 0 Å². The number of likely N-dealkylation sites (tertiary alicyclic amines) is 1. The maximum atomic E-state index is 13.5. The third-order valence-electron chi connectivity index (χ3n) is 6.96. The van der Waals surface area contributed by atoms with Gasteiger partial charge in [-0.2, -0.15) is 4.31 Å². The largest absolute Gasteiger partial charge is 0.370 e. The van der Waals surface area contributed by atoms with Crippen LogP contribution in [0, 0.1) is 0 Å². The van der Waals surface area contributed by atoms with Gasteiger partial charge in [0.25, 0.3) is 5.91 Å². The Labute approximate surface area is 184 Å². The highest BCUT2D eigenvalue weighted by atomic mass is 32.2. The van der Waals surface area contributed by atoms with Crippen molar-refractivity contribution in [3.8, 4) is 0 Å². The maximum Gasteiger partial charge on any atom is 0.253 e. The van der Waals surface area contributed by atoms with E-state index in [1.54, 1.807) is 21.3 Å². The van der Waals surface area contributed by atoms with Crippen molar-refractivity contribution in [3.05, 3.63) is 23.8 Å². The molecule has 1 spiro atoms. The van der Waals surface area contributed by atoms with E-state index in [1.807, 2.05) is 6.07 Å². The second kappa shape index (κ2) is 8.35. The Hall–Kier alpha value is -1.68. The number of hydrogen-bond donors (Lipinski definition) is 0. The summed E-state index contributed by atoms with van der Waals surface area (Å²) in [5.74, 6) is -0.667. The molecular formula is C22H31N3O5S. The van der Waals surface area contributed by atoms with Crippen molar-refractivity contribution in [2.24, 2.45) is 0 Å². The smallest absolute Gasteiger partial charge is 0.253 e. The Morgan fingerprint density at radius 2 is 1.48 bits per heavy atom. The van der Waals surface area contributed by atoms with E-state index in [4.69, 9.17) is 9.47 Å². The van der Waals surface area contributed by atoms with Crippen molar-refractivity contribution in [1.29, 1.82) is 0 Å². The van der Waals surface area contributed by atoms with E-state index in [9.17, 15) is 13.2 Å². The second-order valence-corrected chi connectivity index (χ2v) is 10.8. The zero-order valence-electron chi connectivity index (χ0n) is 17.9. The first-order chi connectivity index (χ1) is 15.0. The van der Waals surface area contributed by atoms with Crippen molar-refractivity contribution >= 4 is 21.6 Å². The topological polar surface area (TPSA) is 79.4 Å². The maximum absolute atomic E-state index is 13.5. The zero-order chi connectivity index (χ0) is 21.5. The summed E-state index contributed by atoms with van der Waals surface area (Å²) >= 11 is 0. The van der Waals surface area contributed by atoms with Gasteiger partial charge in [-0.3, -0.25) is 4.79 Å². The lowest BCUT2D eigenvalue weighted by atomic mass is 10.0. The summed E-state index contributed by atoms with van der Waals surface area (Å²) in [6.07, 6.45) is 5.17. The normalized spacial score (nSPS) is 24.4. The van der Waals surface area contributed by atoms with Crippen molar-refractivity contribution in [2.45, 2.75) is 49.2 Å². The number of benzene rings is 1. The van der Waals surface area contributed by atoms with Crippen LogP contribution in [-0.4, -0.2) is 81.8 Å². The molecule has 4 saturated heterocycles. The highest BCUT2D eigenvalue weighted by Gasteiger charge is 2.41. The van der Waals surface area contributed by atoms with E-state index in [0.717, 1.165) is 44.5 Å². The molecule has 1 amide bonds. The number of rotatable bonds is 4. The number of piperidine rings is 1. The minimum absolute atomic E-state index is 0.126. The number of ether oxygens (including phenoxy) is 2. The van der Waals surface area contributed by atoms with Crippen molar-refractivity contribution in [3.63, 3.8) is 0 Å². The molecule has 170 valence electrons. The Morgan fingerprint density at radius 3 is 2.13 bits per heavy atom. The number of carbonyl (C=O) groups is 1. The average molecular weight is 450 g/mol. The number of hydrogen-bond acceptors (Lipinski definition) is 6. The Kier molecular flexibility index (Phi) is 5.70. The van der Waals surface area contributed by atoms with Crippen LogP contribution in [-0.2, 0) is 19.5 Å². The molecule has 0 N–H and O–H groups in total. The molecule has 1 aromatic carbocycles. The first kappa shape index (κ1) is 21.2. The molecule has 1 aromatic rings. The van der Waals surface area contributed by atoms with Crippen molar-refractivity contribution in [1.82, 2.24) is 9.21 Å². The van der Waals surface area contributed by atoms with Gasteiger partial charge in [-0.05, 0) is 43.9 Å². The lowest BCUT2D eigenvalue weighted by molar-refractivity contribution is -0.181. The number of amides is 1. The summed E-state index contributed by atoms with van der Waals surface area (Å²) in [5, 5.41) is 0. The van der Waals surface area contributed by atoms with Crippen LogP contribution >= 0.6 is 0 Å². The quantitative estimate of drug-likeness (QED) is 0.700. The first-order valence-electron chi connectivity index (χ1n) is 11.4. The van der Waals surface area contributed by atoms with Gasteiger partial charge in [0.1, 0.15) is 4.90 Å². The Bertz CT molecular complexity index is 922. The molecule has 4 aliphatic rings. The molecule has 0 bridgehead atoms. The van der Waals surface area contributed by atoms with Crippen LogP contribution in [0.1, 0.15) is 48.9 Å². The van der Waals surface area contributed by atoms with Crippen LogP contribution in [0.3, 0.4) is 0 Å². The minimum Gasteiger partial charge on any atom is -0.370 e. The average Bonchev–Trinajstić information content (AvgIpc) is 3.56. The Balaban J connectivity index is 1.42. The van der Waals surface area contributed by atoms with Gasteiger partial charge in [0.2, 0.25) is 10.0 Å². The monoisotopic (exact) mass is 449 g/mol. The molecule has 4 fully saturated rings. The van der Waals surface area contributed by atoms with E-state index < -0.39 is 15.8 Å². The van der Waals surface area contributed by atoms with Gasteiger partial charge < -0.3 is 19.3 Å². The van der Waals surface area contributed by atoms with Crippen LogP contribution in [0.2, 0.25) is 0 Å². The highest BCUT2D eigenvalue weighted by molar-refractivity contribution is 7.89. The lowest BCUT2D eigenvalue weighted by Gasteiger charge is -2.37. The van der Waals surface area contributed by atoms with E-state index >= 15 is 0 Å². The fraction of sp³-hybridized carbons (Fsp3) is 0.682. The number of nitrogens with zero attached hydrogens (tertiary/aromatic N) is 3. The molecule has 4 heterocycles. The first-order valence-corrected chi connectivity index (χ1v) is 12.9. The number of anilines is 1. The van der Waals surface area contributed by atoms with Gasteiger partial charge in [-0.1, -0.05) is 0 Å². The molecule has 0 aliphatic carbocycles. The third-order valence-corrected chi connectivity index (χ3v) is 8.89. The molecule has 5 rings (SSSR count). The van der Waals surface area contributed by atoms with Gasteiger partial charge >= 0.3 is 0 Å². The predicted molar refractivity (Wildman–Crippen MR) is 116 cm³/mol. The molecule has 0 aromatic heterocycles. The van der Waals surface area contributed by atoms with Crippen LogP contribution in [0.25, 0.3) is 0 Å². The summed E-state index contributed by atoms with van der Waals surface area (Å²) in [4.78, 5) is 17.5. The van der Waals surface area contributed by atoms with Crippen LogP contribution in [0.15, 0.2) is 23.1 Å². The fourth-order valence-corrected chi connectivity index (χ4v) is 6.91. The molecule has 0 unspecified atom stereocenters. The van der Waals surface area contributed by atoms with Gasteiger partial charge in [0.15, 0.2) is 5.79 Å². The SMILES string of the molecule is O=C(c1ccc(N2CCCC2)c(S(=O)(=O)N2CCCC2)c1)N1CCC2(CC1)OCCO2. The number of carbonyl (C=O) groups excluding carboxylic acids is 1. The van der Waals surface area contributed by atoms with Crippen LogP contribution in [0.4, 0.5) is 5.69 Å². The Morgan fingerprint density at radius 1 is 0.871 bits per heavy atom. The molecule has 9 heteroatoms. The minimum atomic E-state index is -3.63. The molecule has 8 nitrogen and oxygen atoms in total. The molecule has 0 saturated carbocycles. The summed E-state index contributed by atoms with van der Waals surface area (Å²) in [5.41, 5.74) is 1.16. The molecule has 0 atom stereocenters. The summed E-state index contributed by atoms with van der Waals surface area (Å²) < 4.78 is 40.0. The second-order valence-electron chi connectivity index (χ2n) is 8.89. The van der Waals surface area contributed by atoms with Crippen molar-refractivity contribution < 1.29 is 22.7 Å². The van der Waals surface area contributed by atoms with Gasteiger partial charge in [0, 0.05) is 57.7 Å².